The van der Waals surface area contributed by atoms with Crippen LogP contribution in [0.4, 0.5) is 0 Å². The van der Waals surface area contributed by atoms with Gasteiger partial charge in [0.05, 0.1) is 12.0 Å². The maximum atomic E-state index is 12.8. The molecule has 0 radical (unpaired) electrons. The van der Waals surface area contributed by atoms with E-state index in [-0.39, 0.29) is 5.91 Å². The van der Waals surface area contributed by atoms with Gasteiger partial charge in [-0.25, -0.2) is 0 Å². The lowest BCUT2D eigenvalue weighted by molar-refractivity contribution is -0.136. The van der Waals surface area contributed by atoms with Crippen molar-refractivity contribution in [3.63, 3.8) is 0 Å². The lowest BCUT2D eigenvalue weighted by Crippen LogP contribution is -2.49. The Balaban J connectivity index is 1.96. The molecule has 140 valence electrons. The quantitative estimate of drug-likeness (QED) is 0.719. The van der Waals surface area contributed by atoms with E-state index in [1.807, 2.05) is 0 Å². The van der Waals surface area contributed by atoms with E-state index in [1.54, 1.807) is 7.11 Å². The molecule has 0 aromatic heterocycles. The summed E-state index contributed by atoms with van der Waals surface area (Å²) in [5.74, 6) is 0.116. The average molecular weight is 348 g/mol. The molecular weight excluding hydrogens is 314 g/mol. The van der Waals surface area contributed by atoms with Crippen LogP contribution in [-0.2, 0) is 22.6 Å². The van der Waals surface area contributed by atoms with E-state index in [0.717, 1.165) is 51.1 Å². The molecule has 0 unspecified atom stereocenters. The normalized spacial score (nSPS) is 16.8. The molecule has 0 spiro atoms. The van der Waals surface area contributed by atoms with Crippen LogP contribution in [0, 0.1) is 5.41 Å². The van der Waals surface area contributed by atoms with Crippen LogP contribution in [0.2, 0.25) is 0 Å². The molecule has 2 N–H and O–H groups in total. The smallest absolute Gasteiger partial charge is 0.228 e. The van der Waals surface area contributed by atoms with Crippen LogP contribution in [0.1, 0.15) is 37.8 Å². The van der Waals surface area contributed by atoms with E-state index >= 15 is 0 Å². The topological polar surface area (TPSA) is 53.6 Å². The van der Waals surface area contributed by atoms with E-state index in [0.29, 0.717) is 13.2 Å². The highest BCUT2D eigenvalue weighted by Crippen LogP contribution is 2.29. The molecule has 1 saturated heterocycles. The molecule has 2 rings (SSSR count). The zero-order valence-corrected chi connectivity index (χ0v) is 15.9. The summed E-state index contributed by atoms with van der Waals surface area (Å²) >= 11 is 0. The first kappa shape index (κ1) is 19.9. The van der Waals surface area contributed by atoms with Gasteiger partial charge >= 0.3 is 0 Å². The zero-order chi connectivity index (χ0) is 18.1. The van der Waals surface area contributed by atoms with Crippen LogP contribution < -0.4 is 10.6 Å². The molecule has 0 saturated carbocycles. The molecule has 0 bridgehead atoms. The number of amides is 1. The summed E-state index contributed by atoms with van der Waals surface area (Å²) in [6.45, 7) is 10.2. The number of carbonyl (C=O) groups is 1. The van der Waals surface area contributed by atoms with Gasteiger partial charge < -0.3 is 15.4 Å². The second-order valence-electron chi connectivity index (χ2n) is 6.93. The first-order chi connectivity index (χ1) is 12.1. The Morgan fingerprint density at radius 3 is 2.56 bits per heavy atom. The van der Waals surface area contributed by atoms with Gasteiger partial charge in [0, 0.05) is 20.2 Å². The molecule has 1 aliphatic heterocycles. The van der Waals surface area contributed by atoms with Crippen molar-refractivity contribution in [1.82, 2.24) is 15.5 Å². The third-order valence-electron chi connectivity index (χ3n) is 5.21. The van der Waals surface area contributed by atoms with E-state index in [4.69, 9.17) is 4.74 Å². The Kier molecular flexibility index (Phi) is 7.88. The van der Waals surface area contributed by atoms with Crippen LogP contribution in [-0.4, -0.2) is 50.7 Å². The average Bonchev–Trinajstić information content (AvgIpc) is 2.65. The molecule has 1 aliphatic rings. The lowest BCUT2D eigenvalue weighted by Gasteiger charge is -2.35. The first-order valence-electron chi connectivity index (χ1n) is 9.41. The Morgan fingerprint density at radius 1 is 1.24 bits per heavy atom. The minimum atomic E-state index is -0.390. The fraction of sp³-hybridized carbons (Fsp3) is 0.650. The van der Waals surface area contributed by atoms with Crippen molar-refractivity contribution < 1.29 is 9.53 Å². The summed E-state index contributed by atoms with van der Waals surface area (Å²) < 4.78 is 5.35. The zero-order valence-electron chi connectivity index (χ0n) is 15.9. The van der Waals surface area contributed by atoms with E-state index in [1.165, 1.54) is 5.56 Å². The highest BCUT2D eigenvalue weighted by atomic mass is 16.5. The summed E-state index contributed by atoms with van der Waals surface area (Å²) in [7, 11) is 1.67. The van der Waals surface area contributed by atoms with Gasteiger partial charge in [-0.2, -0.15) is 0 Å². The number of hydrogen-bond acceptors (Lipinski definition) is 4. The SMILES string of the molecule is CCN(CC)Cc1cccc(CNC(=O)C2(COC)CCNCC2)c1. The van der Waals surface area contributed by atoms with Crippen LogP contribution in [0.25, 0.3) is 0 Å². The summed E-state index contributed by atoms with van der Waals surface area (Å²) in [5.41, 5.74) is 2.06. The maximum absolute atomic E-state index is 12.8. The predicted octanol–water partition coefficient (Wildman–Crippen LogP) is 2.16. The summed E-state index contributed by atoms with van der Waals surface area (Å²) in [6.07, 6.45) is 1.66. The molecular formula is C20H33N3O2. The van der Waals surface area contributed by atoms with Gasteiger partial charge in [0.2, 0.25) is 5.91 Å². The van der Waals surface area contributed by atoms with Crippen molar-refractivity contribution in [2.45, 2.75) is 39.8 Å². The molecule has 1 aromatic carbocycles. The molecule has 0 aliphatic carbocycles. The largest absolute Gasteiger partial charge is 0.384 e. The number of piperidine rings is 1. The second kappa shape index (κ2) is 9.90. The number of benzene rings is 1. The van der Waals surface area contributed by atoms with Gasteiger partial charge in [0.15, 0.2) is 0 Å². The van der Waals surface area contributed by atoms with Crippen molar-refractivity contribution in [3.05, 3.63) is 35.4 Å². The standard InChI is InChI=1S/C20H33N3O2/c1-4-23(5-2)15-18-8-6-7-17(13-18)14-22-19(24)20(16-25-3)9-11-21-12-10-20/h6-8,13,21H,4-5,9-12,14-16H2,1-3H3,(H,22,24). The Bertz CT molecular complexity index is 532. The van der Waals surface area contributed by atoms with Gasteiger partial charge in [-0.05, 0) is 50.1 Å². The van der Waals surface area contributed by atoms with Crippen LogP contribution in [0.3, 0.4) is 0 Å². The van der Waals surface area contributed by atoms with Crippen molar-refractivity contribution >= 4 is 5.91 Å². The minimum absolute atomic E-state index is 0.116. The molecule has 1 aromatic rings. The second-order valence-corrected chi connectivity index (χ2v) is 6.93. The van der Waals surface area contributed by atoms with Crippen molar-refractivity contribution in [2.24, 2.45) is 5.41 Å². The summed E-state index contributed by atoms with van der Waals surface area (Å²) in [6, 6.07) is 8.51. The highest BCUT2D eigenvalue weighted by molar-refractivity contribution is 5.83. The number of rotatable bonds is 9. The van der Waals surface area contributed by atoms with Crippen LogP contribution >= 0.6 is 0 Å². The predicted molar refractivity (Wildman–Crippen MR) is 101 cm³/mol. The third-order valence-corrected chi connectivity index (χ3v) is 5.21. The summed E-state index contributed by atoms with van der Waals surface area (Å²) in [5, 5.41) is 6.47. The molecule has 1 amide bonds. The van der Waals surface area contributed by atoms with E-state index in [2.05, 4.69) is 53.6 Å². The summed E-state index contributed by atoms with van der Waals surface area (Å²) in [4.78, 5) is 15.2. The van der Waals surface area contributed by atoms with Gasteiger partial charge in [0.1, 0.15) is 0 Å². The molecule has 1 fully saturated rings. The number of nitrogens with zero attached hydrogens (tertiary/aromatic N) is 1. The third kappa shape index (κ3) is 5.53. The molecule has 5 nitrogen and oxygen atoms in total. The fourth-order valence-corrected chi connectivity index (χ4v) is 3.53. The molecule has 25 heavy (non-hydrogen) atoms. The number of methoxy groups -OCH3 is 1. The number of ether oxygens (including phenoxy) is 1. The van der Waals surface area contributed by atoms with Gasteiger partial charge in [-0.3, -0.25) is 9.69 Å². The minimum Gasteiger partial charge on any atom is -0.384 e. The fourth-order valence-electron chi connectivity index (χ4n) is 3.53. The van der Waals surface area contributed by atoms with Crippen molar-refractivity contribution in [3.8, 4) is 0 Å². The van der Waals surface area contributed by atoms with E-state index < -0.39 is 5.41 Å². The van der Waals surface area contributed by atoms with Crippen molar-refractivity contribution in [1.29, 1.82) is 0 Å². The van der Waals surface area contributed by atoms with Gasteiger partial charge in [-0.15, -0.1) is 0 Å². The van der Waals surface area contributed by atoms with Crippen LogP contribution in [0.5, 0.6) is 0 Å². The van der Waals surface area contributed by atoms with Gasteiger partial charge in [-0.1, -0.05) is 38.1 Å². The number of hydrogen-bond donors (Lipinski definition) is 2. The van der Waals surface area contributed by atoms with Crippen molar-refractivity contribution in [2.75, 3.05) is 39.9 Å². The first-order valence-corrected chi connectivity index (χ1v) is 9.41. The number of nitrogens with one attached hydrogen (secondary N) is 2. The van der Waals surface area contributed by atoms with Crippen LogP contribution in [0.15, 0.2) is 24.3 Å². The molecule has 0 atom stereocenters. The maximum Gasteiger partial charge on any atom is 0.228 e. The number of carbonyl (C=O) groups excluding carboxylic acids is 1. The Labute approximate surface area is 152 Å². The van der Waals surface area contributed by atoms with Gasteiger partial charge in [0.25, 0.3) is 0 Å². The Morgan fingerprint density at radius 2 is 1.92 bits per heavy atom. The monoisotopic (exact) mass is 347 g/mol. The molecule has 1 heterocycles. The Hall–Kier alpha value is -1.43. The lowest BCUT2D eigenvalue weighted by atomic mass is 9.78. The molecule has 5 heteroatoms. The highest BCUT2D eigenvalue weighted by Gasteiger charge is 2.39. The van der Waals surface area contributed by atoms with E-state index in [9.17, 15) is 4.79 Å².